The van der Waals surface area contributed by atoms with Crippen molar-refractivity contribution in [2.24, 2.45) is 0 Å². The minimum Gasteiger partial charge on any atom is -0.491 e. The van der Waals surface area contributed by atoms with Crippen molar-refractivity contribution in [3.63, 3.8) is 0 Å². The van der Waals surface area contributed by atoms with E-state index in [1.54, 1.807) is 6.07 Å². The zero-order chi connectivity index (χ0) is 24.0. The number of nitrogens with one attached hydrogen (secondary N) is 1. The molecular formula is C23H15ClF4N2O3. The van der Waals surface area contributed by atoms with Gasteiger partial charge in [0.15, 0.2) is 23.0 Å². The smallest absolute Gasteiger partial charge is 0.261 e. The van der Waals surface area contributed by atoms with Crippen LogP contribution < -0.4 is 10.1 Å². The van der Waals surface area contributed by atoms with Crippen LogP contribution in [0.3, 0.4) is 0 Å². The van der Waals surface area contributed by atoms with Gasteiger partial charge in [0.1, 0.15) is 11.1 Å². The van der Waals surface area contributed by atoms with Gasteiger partial charge < -0.3 is 14.5 Å². The summed E-state index contributed by atoms with van der Waals surface area (Å²) >= 11 is 6.11. The zero-order valence-electron chi connectivity index (χ0n) is 17.4. The van der Waals surface area contributed by atoms with Crippen LogP contribution in [0.1, 0.15) is 21.5 Å². The Morgan fingerprint density at radius 1 is 1.03 bits per heavy atom. The molecule has 0 unspecified atom stereocenters. The Kier molecular flexibility index (Phi) is 5.75. The molecule has 0 saturated heterocycles. The van der Waals surface area contributed by atoms with Gasteiger partial charge in [-0.1, -0.05) is 17.7 Å². The van der Waals surface area contributed by atoms with E-state index in [9.17, 15) is 22.4 Å². The van der Waals surface area contributed by atoms with E-state index in [0.717, 1.165) is 18.2 Å². The molecule has 1 aromatic heterocycles. The predicted molar refractivity (Wildman–Crippen MR) is 115 cm³/mol. The molecule has 0 atom stereocenters. The monoisotopic (exact) mass is 478 g/mol. The Morgan fingerprint density at radius 3 is 2.33 bits per heavy atom. The molecule has 0 radical (unpaired) electrons. The van der Waals surface area contributed by atoms with Gasteiger partial charge >= 0.3 is 0 Å². The summed E-state index contributed by atoms with van der Waals surface area (Å²) in [5, 5.41) is 2.18. The van der Waals surface area contributed by atoms with Crippen molar-refractivity contribution in [1.82, 2.24) is 4.98 Å². The molecule has 5 nitrogen and oxygen atoms in total. The second-order valence-electron chi connectivity index (χ2n) is 7.26. The molecule has 4 rings (SSSR count). The average Bonchev–Trinajstić information content (AvgIpc) is 3.19. The topological polar surface area (TPSA) is 64.4 Å². The van der Waals surface area contributed by atoms with Crippen LogP contribution >= 0.6 is 11.6 Å². The highest BCUT2D eigenvalue weighted by atomic mass is 35.5. The van der Waals surface area contributed by atoms with E-state index in [0.29, 0.717) is 16.7 Å². The maximum Gasteiger partial charge on any atom is 0.261 e. The number of ether oxygens (including phenoxy) is 1. The largest absolute Gasteiger partial charge is 0.491 e. The molecule has 0 bridgehead atoms. The third-order valence-electron chi connectivity index (χ3n) is 4.94. The third kappa shape index (κ3) is 3.89. The lowest BCUT2D eigenvalue weighted by Gasteiger charge is -2.12. The number of fused-ring (bicyclic) bond motifs is 1. The standard InChI is InChI=1S/C23H15ClF4N2O3/c1-9-6-10(2)20-14(7-9)30-23(33-20)11-4-5-12(24)13(8-11)29-22(31)15-16(25)18(27)21(32-3)19(28)17(15)26/h4-8H,1-3H3,(H,29,31). The zero-order valence-corrected chi connectivity index (χ0v) is 18.2. The van der Waals surface area contributed by atoms with Crippen LogP contribution in [0.2, 0.25) is 5.02 Å². The maximum absolute atomic E-state index is 14.3. The Balaban J connectivity index is 1.73. The van der Waals surface area contributed by atoms with E-state index in [2.05, 4.69) is 15.0 Å². The van der Waals surface area contributed by atoms with Crippen LogP contribution in [0.4, 0.5) is 23.2 Å². The first-order chi connectivity index (χ1) is 15.6. The van der Waals surface area contributed by atoms with Gasteiger partial charge in [-0.3, -0.25) is 4.79 Å². The number of hydrogen-bond acceptors (Lipinski definition) is 4. The van der Waals surface area contributed by atoms with Crippen molar-refractivity contribution < 1.29 is 31.5 Å². The van der Waals surface area contributed by atoms with Crippen molar-refractivity contribution in [2.45, 2.75) is 13.8 Å². The van der Waals surface area contributed by atoms with Crippen LogP contribution in [0.15, 0.2) is 34.7 Å². The molecule has 170 valence electrons. The van der Waals surface area contributed by atoms with E-state index >= 15 is 0 Å². The molecule has 0 spiro atoms. The predicted octanol–water partition coefficient (Wildman–Crippen LogP) is 6.58. The van der Waals surface area contributed by atoms with Crippen molar-refractivity contribution in [3.8, 4) is 17.2 Å². The minimum atomic E-state index is -1.90. The number of hydrogen-bond donors (Lipinski definition) is 1. The first-order valence-corrected chi connectivity index (χ1v) is 9.89. The Bertz CT molecular complexity index is 1410. The van der Waals surface area contributed by atoms with E-state index < -0.39 is 40.5 Å². The molecule has 1 amide bonds. The van der Waals surface area contributed by atoms with E-state index in [4.69, 9.17) is 16.0 Å². The number of benzene rings is 3. The molecule has 0 saturated carbocycles. The van der Waals surface area contributed by atoms with Crippen molar-refractivity contribution in [3.05, 3.63) is 75.3 Å². The quantitative estimate of drug-likeness (QED) is 0.266. The molecule has 0 aliphatic heterocycles. The molecule has 1 heterocycles. The van der Waals surface area contributed by atoms with Gasteiger partial charge in [-0.15, -0.1) is 0 Å². The summed E-state index contributed by atoms with van der Waals surface area (Å²) in [7, 11) is 0.834. The van der Waals surface area contributed by atoms with Gasteiger partial charge in [0, 0.05) is 5.56 Å². The van der Waals surface area contributed by atoms with Gasteiger partial charge in [0.2, 0.25) is 17.5 Å². The molecule has 3 aromatic carbocycles. The number of halogens is 5. The Hall–Kier alpha value is -3.59. The van der Waals surface area contributed by atoms with E-state index in [-0.39, 0.29) is 16.6 Å². The molecular weight excluding hydrogens is 464 g/mol. The minimum absolute atomic E-state index is 0.00510. The number of carbonyl (C=O) groups excluding carboxylic acids is 1. The number of nitrogens with zero attached hydrogens (tertiary/aromatic N) is 1. The second-order valence-corrected chi connectivity index (χ2v) is 7.67. The summed E-state index contributed by atoms with van der Waals surface area (Å²) in [4.78, 5) is 16.9. The average molecular weight is 479 g/mol. The number of oxazole rings is 1. The fourth-order valence-electron chi connectivity index (χ4n) is 3.43. The molecule has 33 heavy (non-hydrogen) atoms. The van der Waals surface area contributed by atoms with Gasteiger partial charge in [-0.2, -0.15) is 8.78 Å². The van der Waals surface area contributed by atoms with Gasteiger partial charge in [-0.25, -0.2) is 13.8 Å². The highest BCUT2D eigenvalue weighted by Gasteiger charge is 2.30. The summed E-state index contributed by atoms with van der Waals surface area (Å²) in [6, 6.07) is 8.10. The number of rotatable bonds is 4. The Labute approximate surface area is 189 Å². The lowest BCUT2D eigenvalue weighted by atomic mass is 10.1. The lowest BCUT2D eigenvalue weighted by molar-refractivity contribution is 0.101. The number of carbonyl (C=O) groups is 1. The Morgan fingerprint density at radius 2 is 1.70 bits per heavy atom. The van der Waals surface area contributed by atoms with E-state index in [1.807, 2.05) is 26.0 Å². The molecule has 10 heteroatoms. The lowest BCUT2D eigenvalue weighted by Crippen LogP contribution is -2.19. The molecule has 4 aromatic rings. The highest BCUT2D eigenvalue weighted by molar-refractivity contribution is 6.34. The number of aryl methyl sites for hydroxylation is 2. The number of methoxy groups -OCH3 is 1. The highest BCUT2D eigenvalue weighted by Crippen LogP contribution is 2.34. The van der Waals surface area contributed by atoms with Crippen molar-refractivity contribution in [2.75, 3.05) is 12.4 Å². The maximum atomic E-state index is 14.3. The summed E-state index contributed by atoms with van der Waals surface area (Å²) in [6.07, 6.45) is 0. The number of anilines is 1. The van der Waals surface area contributed by atoms with Crippen LogP contribution in [0.25, 0.3) is 22.6 Å². The summed E-state index contributed by atoms with van der Waals surface area (Å²) < 4.78 is 66.7. The van der Waals surface area contributed by atoms with Crippen LogP contribution in [-0.2, 0) is 0 Å². The summed E-state index contributed by atoms with van der Waals surface area (Å²) in [5.41, 5.74) is 1.93. The SMILES string of the molecule is COc1c(F)c(F)c(C(=O)Nc2cc(-c3nc4cc(C)cc(C)c4o3)ccc2Cl)c(F)c1F. The van der Waals surface area contributed by atoms with Gasteiger partial charge in [0.25, 0.3) is 5.91 Å². The van der Waals surface area contributed by atoms with Gasteiger partial charge in [-0.05, 0) is 49.2 Å². The number of amides is 1. The first-order valence-electron chi connectivity index (χ1n) is 9.51. The normalized spacial score (nSPS) is 11.2. The van der Waals surface area contributed by atoms with Crippen molar-refractivity contribution >= 4 is 34.3 Å². The molecule has 0 aliphatic carbocycles. The summed E-state index contributed by atoms with van der Waals surface area (Å²) in [5.74, 6) is -9.99. The van der Waals surface area contributed by atoms with Gasteiger partial charge in [0.05, 0.1) is 17.8 Å². The fraction of sp³-hybridized carbons (Fsp3) is 0.130. The second kappa shape index (κ2) is 8.40. The van der Waals surface area contributed by atoms with Crippen molar-refractivity contribution in [1.29, 1.82) is 0 Å². The fourth-order valence-corrected chi connectivity index (χ4v) is 3.59. The van der Waals surface area contributed by atoms with Crippen LogP contribution in [0.5, 0.6) is 5.75 Å². The van der Waals surface area contributed by atoms with Crippen LogP contribution in [-0.4, -0.2) is 18.0 Å². The molecule has 0 aliphatic rings. The third-order valence-corrected chi connectivity index (χ3v) is 5.27. The first kappa shape index (κ1) is 22.6. The van der Waals surface area contributed by atoms with E-state index in [1.165, 1.54) is 12.1 Å². The molecule has 1 N–H and O–H groups in total. The van der Waals surface area contributed by atoms with Crippen LogP contribution in [0, 0.1) is 37.1 Å². The summed E-state index contributed by atoms with van der Waals surface area (Å²) in [6.45, 7) is 3.79. The molecule has 0 fully saturated rings. The number of aromatic nitrogens is 1.